The van der Waals surface area contributed by atoms with Gasteiger partial charge in [0.15, 0.2) is 5.82 Å². The normalized spacial score (nSPS) is 10.3. The zero-order valence-electron chi connectivity index (χ0n) is 8.44. The van der Waals surface area contributed by atoms with Gasteiger partial charge in [-0.25, -0.2) is 4.98 Å². The van der Waals surface area contributed by atoms with E-state index in [0.717, 1.165) is 0 Å². The van der Waals surface area contributed by atoms with Crippen LogP contribution in [-0.2, 0) is 11.3 Å². The van der Waals surface area contributed by atoms with Crippen LogP contribution in [0.4, 0.5) is 0 Å². The van der Waals surface area contributed by atoms with Gasteiger partial charge >= 0.3 is 0 Å². The molecule has 0 aliphatic rings. The Morgan fingerprint density at radius 2 is 2.27 bits per heavy atom. The molecular formula is C9H13ClN2O3. The lowest BCUT2D eigenvalue weighted by Crippen LogP contribution is -2.04. The van der Waals surface area contributed by atoms with E-state index < -0.39 is 0 Å². The van der Waals surface area contributed by atoms with Crippen molar-refractivity contribution in [3.8, 4) is 5.88 Å². The van der Waals surface area contributed by atoms with Crippen LogP contribution >= 0.6 is 11.6 Å². The van der Waals surface area contributed by atoms with Gasteiger partial charge in [0.25, 0.3) is 0 Å². The molecule has 0 atom stereocenters. The van der Waals surface area contributed by atoms with Crippen LogP contribution in [0, 0.1) is 0 Å². The van der Waals surface area contributed by atoms with Gasteiger partial charge in [-0.1, -0.05) is 11.6 Å². The molecule has 1 aromatic heterocycles. The summed E-state index contributed by atoms with van der Waals surface area (Å²) in [6.07, 6.45) is 0.557. The smallest absolute Gasteiger partial charge is 0.218 e. The molecule has 5 nitrogen and oxygen atoms in total. The molecule has 1 rings (SSSR count). The summed E-state index contributed by atoms with van der Waals surface area (Å²) >= 11 is 5.76. The first-order valence-corrected chi connectivity index (χ1v) is 4.90. The zero-order valence-corrected chi connectivity index (χ0v) is 9.20. The first-order chi connectivity index (χ1) is 7.26. The largest absolute Gasteiger partial charge is 0.477 e. The van der Waals surface area contributed by atoms with Gasteiger partial charge in [0.2, 0.25) is 5.88 Å². The highest BCUT2D eigenvalue weighted by Crippen LogP contribution is 2.14. The first kappa shape index (κ1) is 12.2. The Hall–Kier alpha value is -0.910. The topological polar surface area (TPSA) is 64.5 Å². The van der Waals surface area contributed by atoms with Crippen molar-refractivity contribution in [2.45, 2.75) is 13.0 Å². The van der Waals surface area contributed by atoms with E-state index >= 15 is 0 Å². The van der Waals surface area contributed by atoms with E-state index in [4.69, 9.17) is 26.2 Å². The average molecular weight is 233 g/mol. The van der Waals surface area contributed by atoms with E-state index in [1.165, 1.54) is 6.07 Å². The van der Waals surface area contributed by atoms with E-state index in [1.807, 2.05) is 0 Å². The number of aromatic nitrogens is 2. The van der Waals surface area contributed by atoms with Gasteiger partial charge in [0, 0.05) is 26.2 Å². The minimum atomic E-state index is 0.0870. The van der Waals surface area contributed by atoms with Gasteiger partial charge in [-0.3, -0.25) is 0 Å². The Morgan fingerprint density at radius 3 is 2.93 bits per heavy atom. The Labute approximate surface area is 93.0 Å². The molecule has 0 aliphatic carbocycles. The van der Waals surface area contributed by atoms with Crippen LogP contribution in [0.2, 0.25) is 5.15 Å². The summed E-state index contributed by atoms with van der Waals surface area (Å²) in [6, 6.07) is 1.53. The van der Waals surface area contributed by atoms with Gasteiger partial charge in [0.1, 0.15) is 11.8 Å². The highest BCUT2D eigenvalue weighted by atomic mass is 35.5. The molecular weight excluding hydrogens is 220 g/mol. The van der Waals surface area contributed by atoms with Crippen molar-refractivity contribution in [2.24, 2.45) is 0 Å². The van der Waals surface area contributed by atoms with Crippen LogP contribution in [0.1, 0.15) is 12.2 Å². The van der Waals surface area contributed by atoms with Crippen molar-refractivity contribution in [3.63, 3.8) is 0 Å². The molecule has 0 saturated carbocycles. The lowest BCUT2D eigenvalue weighted by Gasteiger charge is -2.06. The van der Waals surface area contributed by atoms with Gasteiger partial charge in [-0.2, -0.15) is 4.98 Å². The van der Waals surface area contributed by atoms with E-state index in [1.54, 1.807) is 7.11 Å². The molecule has 6 heteroatoms. The van der Waals surface area contributed by atoms with Crippen LogP contribution < -0.4 is 4.74 Å². The summed E-state index contributed by atoms with van der Waals surface area (Å²) in [6.45, 7) is 0.775. The minimum Gasteiger partial charge on any atom is -0.477 e. The maximum atomic E-state index is 8.58. The van der Waals surface area contributed by atoms with Crippen molar-refractivity contribution in [2.75, 3.05) is 20.3 Å². The van der Waals surface area contributed by atoms with E-state index in [9.17, 15) is 0 Å². The SMILES string of the molecule is COCc1nc(Cl)cc(OCCCO)n1. The number of hydrogen-bond acceptors (Lipinski definition) is 5. The summed E-state index contributed by atoms with van der Waals surface area (Å²) < 4.78 is 10.1. The van der Waals surface area contributed by atoms with Crippen LogP contribution in [0.5, 0.6) is 5.88 Å². The molecule has 0 unspecified atom stereocenters. The Balaban J connectivity index is 2.62. The molecule has 0 aromatic carbocycles. The number of nitrogens with zero attached hydrogens (tertiary/aromatic N) is 2. The van der Waals surface area contributed by atoms with Crippen molar-refractivity contribution in [1.29, 1.82) is 0 Å². The van der Waals surface area contributed by atoms with Crippen LogP contribution in [0.25, 0.3) is 0 Å². The third-order valence-electron chi connectivity index (χ3n) is 1.54. The molecule has 0 radical (unpaired) electrons. The fraction of sp³-hybridized carbons (Fsp3) is 0.556. The number of rotatable bonds is 6. The minimum absolute atomic E-state index is 0.0870. The van der Waals surface area contributed by atoms with Gasteiger partial charge in [-0.15, -0.1) is 0 Å². The molecule has 1 N–H and O–H groups in total. The summed E-state index contributed by atoms with van der Waals surface area (Å²) in [7, 11) is 1.55. The van der Waals surface area contributed by atoms with Crippen molar-refractivity contribution in [1.82, 2.24) is 9.97 Å². The summed E-state index contributed by atoms with van der Waals surface area (Å²) in [5, 5.41) is 8.89. The predicted molar refractivity (Wildman–Crippen MR) is 55.0 cm³/mol. The van der Waals surface area contributed by atoms with Crippen molar-refractivity contribution < 1.29 is 14.6 Å². The number of ether oxygens (including phenoxy) is 2. The quantitative estimate of drug-likeness (QED) is 0.587. The highest BCUT2D eigenvalue weighted by molar-refractivity contribution is 6.29. The molecule has 0 amide bonds. The zero-order chi connectivity index (χ0) is 11.1. The maximum Gasteiger partial charge on any atom is 0.218 e. The fourth-order valence-electron chi connectivity index (χ4n) is 0.951. The second-order valence-electron chi connectivity index (χ2n) is 2.80. The summed E-state index contributed by atoms with van der Waals surface area (Å²) in [5.74, 6) is 0.875. The second kappa shape index (κ2) is 6.55. The molecule has 1 heterocycles. The van der Waals surface area contributed by atoms with E-state index in [0.29, 0.717) is 29.9 Å². The van der Waals surface area contributed by atoms with Crippen molar-refractivity contribution >= 4 is 11.6 Å². The van der Waals surface area contributed by atoms with Crippen molar-refractivity contribution in [3.05, 3.63) is 17.0 Å². The van der Waals surface area contributed by atoms with Gasteiger partial charge in [-0.05, 0) is 0 Å². The molecule has 0 spiro atoms. The standard InChI is InChI=1S/C9H13ClN2O3/c1-14-6-8-11-7(10)5-9(12-8)15-4-2-3-13/h5,13H,2-4,6H2,1H3. The number of hydrogen-bond donors (Lipinski definition) is 1. The summed E-state index contributed by atoms with van der Waals surface area (Å²) in [4.78, 5) is 8.02. The molecule has 0 bridgehead atoms. The number of halogens is 1. The van der Waals surface area contributed by atoms with Crippen LogP contribution in [0.3, 0.4) is 0 Å². The molecule has 0 fully saturated rings. The lowest BCUT2D eigenvalue weighted by molar-refractivity contribution is 0.175. The second-order valence-corrected chi connectivity index (χ2v) is 3.19. The molecule has 0 aliphatic heterocycles. The Kier molecular flexibility index (Phi) is 5.31. The van der Waals surface area contributed by atoms with E-state index in [-0.39, 0.29) is 13.2 Å². The van der Waals surface area contributed by atoms with Crippen LogP contribution in [-0.4, -0.2) is 35.4 Å². The fourth-order valence-corrected chi connectivity index (χ4v) is 1.14. The monoisotopic (exact) mass is 232 g/mol. The number of aliphatic hydroxyl groups excluding tert-OH is 1. The third-order valence-corrected chi connectivity index (χ3v) is 1.74. The Bertz CT molecular complexity index is 309. The maximum absolute atomic E-state index is 8.58. The summed E-state index contributed by atoms with van der Waals surface area (Å²) in [5.41, 5.74) is 0. The molecule has 1 aromatic rings. The average Bonchev–Trinajstić information content (AvgIpc) is 2.18. The lowest BCUT2D eigenvalue weighted by atomic mass is 10.5. The third kappa shape index (κ3) is 4.42. The first-order valence-electron chi connectivity index (χ1n) is 4.52. The number of methoxy groups -OCH3 is 1. The predicted octanol–water partition coefficient (Wildman–Crippen LogP) is 1.04. The Morgan fingerprint density at radius 1 is 1.47 bits per heavy atom. The van der Waals surface area contributed by atoms with Crippen LogP contribution in [0.15, 0.2) is 6.07 Å². The van der Waals surface area contributed by atoms with E-state index in [2.05, 4.69) is 9.97 Å². The molecule has 84 valence electrons. The van der Waals surface area contributed by atoms with Gasteiger partial charge in [0.05, 0.1) is 6.61 Å². The number of aliphatic hydroxyl groups is 1. The van der Waals surface area contributed by atoms with Gasteiger partial charge < -0.3 is 14.6 Å². The molecule has 15 heavy (non-hydrogen) atoms. The molecule has 0 saturated heterocycles. The highest BCUT2D eigenvalue weighted by Gasteiger charge is 2.03.